The zero-order valence-electron chi connectivity index (χ0n) is 11.7. The molecule has 1 aromatic heterocycles. The van der Waals surface area contributed by atoms with Crippen LogP contribution in [0.15, 0.2) is 6.33 Å². The maximum atomic E-state index is 11.9. The molecule has 7 heteroatoms. The van der Waals surface area contributed by atoms with Crippen LogP contribution in [0.2, 0.25) is 0 Å². The van der Waals surface area contributed by atoms with Gasteiger partial charge in [0.1, 0.15) is 17.8 Å². The predicted molar refractivity (Wildman–Crippen MR) is 69.5 cm³/mol. The molecule has 1 aromatic rings. The highest BCUT2D eigenvalue weighted by atomic mass is 16.6. The number of nitrogens with zero attached hydrogens (tertiary/aromatic N) is 4. The van der Waals surface area contributed by atoms with Gasteiger partial charge in [-0.1, -0.05) is 0 Å². The van der Waals surface area contributed by atoms with Gasteiger partial charge in [0.15, 0.2) is 0 Å². The average Bonchev–Trinajstić information content (AvgIpc) is 2.80. The normalized spacial score (nSPS) is 17.5. The van der Waals surface area contributed by atoms with Gasteiger partial charge in [0.05, 0.1) is 6.54 Å². The number of aromatic amines is 1. The Morgan fingerprint density at radius 2 is 2.05 bits per heavy atom. The number of rotatable bonds is 2. The Morgan fingerprint density at radius 3 is 2.58 bits per heavy atom. The molecule has 0 aromatic carbocycles. The summed E-state index contributed by atoms with van der Waals surface area (Å²) in [6, 6.07) is 0. The molecule has 1 saturated heterocycles. The standard InChI is InChI=1S/C12H21N5O2/c1-12(2,3)19-11(18)17-6-4-16(5-7-17)8-10-13-9-14-15-10/h9H,4-8H2,1-3H3,(H,13,14,15). The third-order valence-corrected chi connectivity index (χ3v) is 2.86. The van der Waals surface area contributed by atoms with Crippen molar-refractivity contribution in [2.45, 2.75) is 32.9 Å². The summed E-state index contributed by atoms with van der Waals surface area (Å²) >= 11 is 0. The van der Waals surface area contributed by atoms with Crippen LogP contribution in [0, 0.1) is 0 Å². The van der Waals surface area contributed by atoms with Gasteiger partial charge in [0.2, 0.25) is 0 Å². The number of aromatic nitrogens is 3. The first-order valence-corrected chi connectivity index (χ1v) is 6.48. The van der Waals surface area contributed by atoms with E-state index in [0.29, 0.717) is 13.1 Å². The fraction of sp³-hybridized carbons (Fsp3) is 0.750. The van der Waals surface area contributed by atoms with Gasteiger partial charge < -0.3 is 9.64 Å². The summed E-state index contributed by atoms with van der Waals surface area (Å²) in [5.74, 6) is 0.853. The zero-order valence-corrected chi connectivity index (χ0v) is 11.7. The van der Waals surface area contributed by atoms with Crippen molar-refractivity contribution in [1.82, 2.24) is 25.0 Å². The topological polar surface area (TPSA) is 74.3 Å². The van der Waals surface area contributed by atoms with E-state index < -0.39 is 5.60 Å². The fourth-order valence-electron chi connectivity index (χ4n) is 1.93. The minimum Gasteiger partial charge on any atom is -0.444 e. The van der Waals surface area contributed by atoms with Crippen molar-refractivity contribution < 1.29 is 9.53 Å². The lowest BCUT2D eigenvalue weighted by Crippen LogP contribution is -2.49. The monoisotopic (exact) mass is 267 g/mol. The molecule has 19 heavy (non-hydrogen) atoms. The van der Waals surface area contributed by atoms with Gasteiger partial charge in [-0.25, -0.2) is 9.78 Å². The summed E-state index contributed by atoms with van der Waals surface area (Å²) in [4.78, 5) is 20.0. The van der Waals surface area contributed by atoms with Crippen LogP contribution in [0.25, 0.3) is 0 Å². The number of hydrogen-bond acceptors (Lipinski definition) is 5. The molecule has 1 fully saturated rings. The fourth-order valence-corrected chi connectivity index (χ4v) is 1.93. The van der Waals surface area contributed by atoms with Crippen LogP contribution in [-0.2, 0) is 11.3 Å². The van der Waals surface area contributed by atoms with Gasteiger partial charge in [0.25, 0.3) is 0 Å². The summed E-state index contributed by atoms with van der Waals surface area (Å²) in [7, 11) is 0. The number of amides is 1. The van der Waals surface area contributed by atoms with E-state index in [-0.39, 0.29) is 6.09 Å². The molecule has 1 N–H and O–H groups in total. The van der Waals surface area contributed by atoms with E-state index in [4.69, 9.17) is 4.74 Å². The van der Waals surface area contributed by atoms with Crippen LogP contribution >= 0.6 is 0 Å². The van der Waals surface area contributed by atoms with Crippen LogP contribution in [0.4, 0.5) is 4.79 Å². The quantitative estimate of drug-likeness (QED) is 0.860. The Labute approximate surface area is 112 Å². The number of piperazine rings is 1. The molecule has 0 aliphatic carbocycles. The SMILES string of the molecule is CC(C)(C)OC(=O)N1CCN(Cc2ncn[nH]2)CC1. The highest BCUT2D eigenvalue weighted by Crippen LogP contribution is 2.12. The molecule has 2 heterocycles. The Morgan fingerprint density at radius 1 is 1.37 bits per heavy atom. The van der Waals surface area contributed by atoms with E-state index >= 15 is 0 Å². The largest absolute Gasteiger partial charge is 0.444 e. The zero-order chi connectivity index (χ0) is 13.9. The number of H-pyrrole nitrogens is 1. The number of hydrogen-bond donors (Lipinski definition) is 1. The Bertz CT molecular complexity index is 404. The maximum Gasteiger partial charge on any atom is 0.410 e. The minimum atomic E-state index is -0.436. The van der Waals surface area contributed by atoms with Crippen LogP contribution in [0.1, 0.15) is 26.6 Å². The maximum absolute atomic E-state index is 11.9. The molecule has 2 rings (SSSR count). The van der Waals surface area contributed by atoms with Crippen molar-refractivity contribution in [1.29, 1.82) is 0 Å². The van der Waals surface area contributed by atoms with Gasteiger partial charge in [-0.3, -0.25) is 10.00 Å². The molecule has 0 bridgehead atoms. The molecule has 0 radical (unpaired) electrons. The third kappa shape index (κ3) is 4.20. The molecule has 0 atom stereocenters. The van der Waals surface area contributed by atoms with Crippen molar-refractivity contribution >= 4 is 6.09 Å². The van der Waals surface area contributed by atoms with Crippen LogP contribution in [-0.4, -0.2) is 62.9 Å². The second-order valence-electron chi connectivity index (χ2n) is 5.68. The smallest absolute Gasteiger partial charge is 0.410 e. The van der Waals surface area contributed by atoms with Gasteiger partial charge in [-0.05, 0) is 20.8 Å². The third-order valence-electron chi connectivity index (χ3n) is 2.86. The summed E-state index contributed by atoms with van der Waals surface area (Å²) < 4.78 is 5.36. The molecular weight excluding hydrogens is 246 g/mol. The van der Waals surface area contributed by atoms with Crippen LogP contribution < -0.4 is 0 Å². The van der Waals surface area contributed by atoms with Gasteiger partial charge in [-0.2, -0.15) is 5.10 Å². The van der Waals surface area contributed by atoms with Crippen molar-refractivity contribution in [3.8, 4) is 0 Å². The molecule has 106 valence electrons. The predicted octanol–water partition coefficient (Wildman–Crippen LogP) is 0.857. The summed E-state index contributed by atoms with van der Waals surface area (Å²) in [6.45, 7) is 9.38. The second-order valence-corrected chi connectivity index (χ2v) is 5.68. The number of carbonyl (C=O) groups is 1. The molecular formula is C12H21N5O2. The highest BCUT2D eigenvalue weighted by molar-refractivity contribution is 5.68. The number of carbonyl (C=O) groups excluding carboxylic acids is 1. The molecule has 0 spiro atoms. The summed E-state index contributed by atoms with van der Waals surface area (Å²) in [6.07, 6.45) is 1.28. The molecule has 1 aliphatic heterocycles. The van der Waals surface area contributed by atoms with Gasteiger partial charge in [-0.15, -0.1) is 0 Å². The number of ether oxygens (including phenoxy) is 1. The van der Waals surface area contributed by atoms with E-state index in [1.807, 2.05) is 20.8 Å². The molecule has 7 nitrogen and oxygen atoms in total. The van der Waals surface area contributed by atoms with Crippen molar-refractivity contribution in [2.75, 3.05) is 26.2 Å². The van der Waals surface area contributed by atoms with Crippen molar-refractivity contribution in [3.63, 3.8) is 0 Å². The lowest BCUT2D eigenvalue weighted by Gasteiger charge is -2.35. The van der Waals surface area contributed by atoms with Gasteiger partial charge >= 0.3 is 6.09 Å². The average molecular weight is 267 g/mol. The highest BCUT2D eigenvalue weighted by Gasteiger charge is 2.25. The van der Waals surface area contributed by atoms with E-state index in [2.05, 4.69) is 20.1 Å². The molecule has 0 saturated carbocycles. The lowest BCUT2D eigenvalue weighted by atomic mass is 10.2. The van der Waals surface area contributed by atoms with Crippen molar-refractivity contribution in [2.24, 2.45) is 0 Å². The van der Waals surface area contributed by atoms with E-state index in [1.165, 1.54) is 6.33 Å². The molecule has 1 amide bonds. The number of nitrogens with one attached hydrogen (secondary N) is 1. The van der Waals surface area contributed by atoms with E-state index in [9.17, 15) is 4.79 Å². The molecule has 0 unspecified atom stereocenters. The van der Waals surface area contributed by atoms with Gasteiger partial charge in [0, 0.05) is 26.2 Å². The minimum absolute atomic E-state index is 0.230. The van der Waals surface area contributed by atoms with Crippen LogP contribution in [0.3, 0.4) is 0 Å². The summed E-state index contributed by atoms with van der Waals surface area (Å²) in [5, 5.41) is 6.67. The van der Waals surface area contributed by atoms with E-state index in [0.717, 1.165) is 25.5 Å². The first-order valence-electron chi connectivity index (χ1n) is 6.48. The lowest BCUT2D eigenvalue weighted by molar-refractivity contribution is 0.0137. The Balaban J connectivity index is 1.77. The summed E-state index contributed by atoms with van der Waals surface area (Å²) in [5.41, 5.74) is -0.436. The molecule has 1 aliphatic rings. The van der Waals surface area contributed by atoms with E-state index in [1.54, 1.807) is 4.90 Å². The second kappa shape index (κ2) is 5.56. The first kappa shape index (κ1) is 13.8. The Kier molecular flexibility index (Phi) is 4.04. The van der Waals surface area contributed by atoms with Crippen LogP contribution in [0.5, 0.6) is 0 Å². The Hall–Kier alpha value is -1.63. The first-order chi connectivity index (χ1) is 8.94. The van der Waals surface area contributed by atoms with Crippen molar-refractivity contribution in [3.05, 3.63) is 12.2 Å².